The molecule has 0 spiro atoms. The van der Waals surface area contributed by atoms with Crippen LogP contribution >= 0.6 is 11.3 Å². The summed E-state index contributed by atoms with van der Waals surface area (Å²) < 4.78 is 31.9. The van der Waals surface area contributed by atoms with Gasteiger partial charge >= 0.3 is 5.97 Å². The molecule has 0 aliphatic rings. The minimum atomic E-state index is -3.78. The van der Waals surface area contributed by atoms with Crippen molar-refractivity contribution in [3.63, 3.8) is 0 Å². The summed E-state index contributed by atoms with van der Waals surface area (Å²) in [5.74, 6) is -1.16. The van der Waals surface area contributed by atoms with Gasteiger partial charge in [-0.25, -0.2) is 17.9 Å². The van der Waals surface area contributed by atoms with Gasteiger partial charge in [0.15, 0.2) is 0 Å². The molecule has 2 N–H and O–H groups in total. The van der Waals surface area contributed by atoms with Crippen molar-refractivity contribution in [1.29, 1.82) is 0 Å². The van der Waals surface area contributed by atoms with Crippen molar-refractivity contribution in [2.45, 2.75) is 11.4 Å². The fourth-order valence-corrected chi connectivity index (χ4v) is 3.51. The fourth-order valence-electron chi connectivity index (χ4n) is 1.67. The Morgan fingerprint density at radius 2 is 2.14 bits per heavy atom. The van der Waals surface area contributed by atoms with E-state index in [1.807, 2.05) is 16.8 Å². The van der Waals surface area contributed by atoms with Gasteiger partial charge in [0.1, 0.15) is 10.6 Å². The summed E-state index contributed by atoms with van der Waals surface area (Å²) in [5.41, 5.74) is 0.813. The van der Waals surface area contributed by atoms with Gasteiger partial charge in [-0.1, -0.05) is 0 Å². The summed E-state index contributed by atoms with van der Waals surface area (Å²) in [5, 5.41) is 12.6. The summed E-state index contributed by atoms with van der Waals surface area (Å²) in [7, 11) is -2.49. The fraction of sp³-hybridized carbons (Fsp3) is 0.154. The maximum atomic E-state index is 12.3. The smallest absolute Gasteiger partial charge is 0.335 e. The number of methoxy groups -OCH3 is 1. The number of carboxylic acids is 1. The van der Waals surface area contributed by atoms with E-state index in [0.29, 0.717) is 0 Å². The van der Waals surface area contributed by atoms with Gasteiger partial charge in [0.25, 0.3) is 0 Å². The molecule has 0 radical (unpaired) electrons. The Labute approximate surface area is 126 Å². The third-order valence-electron chi connectivity index (χ3n) is 2.75. The highest BCUT2D eigenvalue weighted by atomic mass is 32.2. The molecule has 0 saturated carbocycles. The van der Waals surface area contributed by atoms with Crippen molar-refractivity contribution in [2.24, 2.45) is 0 Å². The SMILES string of the molecule is COc1cc(C(=O)O)ccc1S(=O)(=O)NCc1ccsc1. The van der Waals surface area contributed by atoms with Crippen molar-refractivity contribution >= 4 is 27.3 Å². The molecule has 1 aromatic heterocycles. The third-order valence-corrected chi connectivity index (χ3v) is 4.92. The first kappa shape index (κ1) is 15.5. The van der Waals surface area contributed by atoms with Crippen LogP contribution < -0.4 is 9.46 Å². The number of thiophene rings is 1. The lowest BCUT2D eigenvalue weighted by molar-refractivity contribution is 0.0696. The van der Waals surface area contributed by atoms with Gasteiger partial charge in [0.2, 0.25) is 10.0 Å². The first-order valence-electron chi connectivity index (χ1n) is 5.86. The number of sulfonamides is 1. The van der Waals surface area contributed by atoms with Crippen LogP contribution in [-0.4, -0.2) is 26.6 Å². The van der Waals surface area contributed by atoms with Crippen LogP contribution in [0.25, 0.3) is 0 Å². The summed E-state index contributed by atoms with van der Waals surface area (Å²) in [6.07, 6.45) is 0. The lowest BCUT2D eigenvalue weighted by Gasteiger charge is -2.11. The van der Waals surface area contributed by atoms with Crippen molar-refractivity contribution < 1.29 is 23.1 Å². The first-order valence-corrected chi connectivity index (χ1v) is 8.28. The van der Waals surface area contributed by atoms with Crippen LogP contribution in [-0.2, 0) is 16.6 Å². The van der Waals surface area contributed by atoms with Gasteiger partial charge in [-0.05, 0) is 40.6 Å². The Morgan fingerprint density at radius 1 is 1.38 bits per heavy atom. The second-order valence-electron chi connectivity index (χ2n) is 4.13. The molecule has 1 aromatic carbocycles. The molecule has 0 amide bonds. The Balaban J connectivity index is 2.28. The number of carboxylic acid groups (broad SMARTS) is 1. The minimum Gasteiger partial charge on any atom is -0.495 e. The average Bonchev–Trinajstić information content (AvgIpc) is 2.97. The maximum absolute atomic E-state index is 12.3. The molecule has 1 heterocycles. The number of nitrogens with one attached hydrogen (secondary N) is 1. The van der Waals surface area contributed by atoms with E-state index in [1.54, 1.807) is 0 Å². The van der Waals surface area contributed by atoms with E-state index in [2.05, 4.69) is 4.72 Å². The molecule has 0 aliphatic heterocycles. The zero-order chi connectivity index (χ0) is 15.5. The number of ether oxygens (including phenoxy) is 1. The number of rotatable bonds is 6. The largest absolute Gasteiger partial charge is 0.495 e. The van der Waals surface area contributed by atoms with Crippen LogP contribution in [0.1, 0.15) is 15.9 Å². The van der Waals surface area contributed by atoms with Gasteiger partial charge < -0.3 is 9.84 Å². The maximum Gasteiger partial charge on any atom is 0.335 e. The molecule has 21 heavy (non-hydrogen) atoms. The van der Waals surface area contributed by atoms with E-state index in [9.17, 15) is 13.2 Å². The van der Waals surface area contributed by atoms with Gasteiger partial charge in [-0.3, -0.25) is 0 Å². The van der Waals surface area contributed by atoms with E-state index in [-0.39, 0.29) is 22.8 Å². The standard InChI is InChI=1S/C13H13NO5S2/c1-19-11-6-10(13(15)16)2-3-12(11)21(17,18)14-7-9-4-5-20-8-9/h2-6,8,14H,7H2,1H3,(H,15,16). The molecule has 0 bridgehead atoms. The van der Waals surface area contributed by atoms with E-state index in [1.165, 1.54) is 36.6 Å². The van der Waals surface area contributed by atoms with Crippen LogP contribution in [0, 0.1) is 0 Å². The third kappa shape index (κ3) is 3.60. The predicted molar refractivity (Wildman–Crippen MR) is 78.3 cm³/mol. The predicted octanol–water partition coefficient (Wildman–Crippen LogP) is 1.93. The van der Waals surface area contributed by atoms with E-state index in [4.69, 9.17) is 9.84 Å². The Bertz CT molecular complexity index is 738. The van der Waals surface area contributed by atoms with E-state index in [0.717, 1.165) is 5.56 Å². The Hall–Kier alpha value is -1.90. The number of benzene rings is 1. The first-order chi connectivity index (χ1) is 9.94. The lowest BCUT2D eigenvalue weighted by atomic mass is 10.2. The quantitative estimate of drug-likeness (QED) is 0.846. The van der Waals surface area contributed by atoms with Gasteiger partial charge in [-0.15, -0.1) is 0 Å². The molecule has 6 nitrogen and oxygen atoms in total. The van der Waals surface area contributed by atoms with E-state index < -0.39 is 16.0 Å². The number of hydrogen-bond acceptors (Lipinski definition) is 5. The summed E-state index contributed by atoms with van der Waals surface area (Å²) in [4.78, 5) is 10.8. The minimum absolute atomic E-state index is 0.00674. The van der Waals surface area contributed by atoms with Crippen molar-refractivity contribution in [3.8, 4) is 5.75 Å². The van der Waals surface area contributed by atoms with Gasteiger partial charge in [0, 0.05) is 6.54 Å². The number of carbonyl (C=O) groups is 1. The zero-order valence-corrected chi connectivity index (χ0v) is 12.7. The van der Waals surface area contributed by atoms with Gasteiger partial charge in [-0.2, -0.15) is 11.3 Å². The second-order valence-corrected chi connectivity index (χ2v) is 6.64. The highest BCUT2D eigenvalue weighted by molar-refractivity contribution is 7.89. The van der Waals surface area contributed by atoms with Crippen LogP contribution in [0.4, 0.5) is 0 Å². The summed E-state index contributed by atoms with van der Waals surface area (Å²) in [6, 6.07) is 5.45. The monoisotopic (exact) mass is 327 g/mol. The van der Waals surface area contributed by atoms with Crippen LogP contribution in [0.2, 0.25) is 0 Å². The average molecular weight is 327 g/mol. The van der Waals surface area contributed by atoms with E-state index >= 15 is 0 Å². The topological polar surface area (TPSA) is 92.7 Å². The summed E-state index contributed by atoms with van der Waals surface area (Å²) in [6.45, 7) is 0.162. The van der Waals surface area contributed by atoms with Crippen LogP contribution in [0.5, 0.6) is 5.75 Å². The molecular weight excluding hydrogens is 314 g/mol. The van der Waals surface area contributed by atoms with Crippen LogP contribution in [0.3, 0.4) is 0 Å². The Morgan fingerprint density at radius 3 is 2.71 bits per heavy atom. The van der Waals surface area contributed by atoms with Crippen molar-refractivity contribution in [2.75, 3.05) is 7.11 Å². The highest BCUT2D eigenvalue weighted by Crippen LogP contribution is 2.25. The molecule has 2 aromatic rings. The number of aromatic carboxylic acids is 1. The Kier molecular flexibility index (Phi) is 4.61. The van der Waals surface area contributed by atoms with Crippen LogP contribution in [0.15, 0.2) is 39.9 Å². The molecule has 0 fully saturated rings. The van der Waals surface area contributed by atoms with Crippen molar-refractivity contribution in [1.82, 2.24) is 4.72 Å². The molecule has 0 unspecified atom stereocenters. The molecule has 0 saturated heterocycles. The molecule has 0 aliphatic carbocycles. The second kappa shape index (κ2) is 6.25. The van der Waals surface area contributed by atoms with Crippen molar-refractivity contribution in [3.05, 3.63) is 46.2 Å². The molecule has 2 rings (SSSR count). The molecule has 0 atom stereocenters. The summed E-state index contributed by atoms with van der Waals surface area (Å²) >= 11 is 1.47. The zero-order valence-electron chi connectivity index (χ0n) is 11.1. The highest BCUT2D eigenvalue weighted by Gasteiger charge is 2.20. The normalized spacial score (nSPS) is 11.3. The molecular formula is C13H13NO5S2. The number of hydrogen-bond donors (Lipinski definition) is 2. The lowest BCUT2D eigenvalue weighted by Crippen LogP contribution is -2.23. The molecule has 8 heteroatoms. The molecule has 112 valence electrons. The van der Waals surface area contributed by atoms with Gasteiger partial charge in [0.05, 0.1) is 12.7 Å².